The lowest BCUT2D eigenvalue weighted by Crippen LogP contribution is -1.89. The first-order chi connectivity index (χ1) is 8.25. The van der Waals surface area contributed by atoms with Gasteiger partial charge in [-0.1, -0.05) is 0 Å². The number of rotatable bonds is 1. The largest absolute Gasteiger partial charge is 0.235 e. The lowest BCUT2D eigenvalue weighted by Gasteiger charge is -2.02. The van der Waals surface area contributed by atoms with Crippen LogP contribution in [0.1, 0.15) is 0 Å². The molecular weight excluding hydrogens is 242 g/mol. The standard InChI is InChI=1S/C12H6F2N2S/c13-8-2-1-7(5-9(8)14)11-12-10(3-4-17-12)15-6-16-11/h1-6H. The summed E-state index contributed by atoms with van der Waals surface area (Å²) in [6.45, 7) is 0. The van der Waals surface area contributed by atoms with Crippen molar-refractivity contribution < 1.29 is 8.78 Å². The molecule has 84 valence electrons. The smallest absolute Gasteiger partial charge is 0.159 e. The van der Waals surface area contributed by atoms with Crippen LogP contribution in [0.25, 0.3) is 21.5 Å². The first-order valence-electron chi connectivity index (χ1n) is 4.89. The first-order valence-corrected chi connectivity index (χ1v) is 5.77. The minimum Gasteiger partial charge on any atom is -0.235 e. The summed E-state index contributed by atoms with van der Waals surface area (Å²) >= 11 is 1.48. The third kappa shape index (κ3) is 1.68. The SMILES string of the molecule is Fc1ccc(-c2ncnc3ccsc23)cc1F. The molecule has 0 saturated heterocycles. The molecule has 0 aliphatic heterocycles. The van der Waals surface area contributed by atoms with Crippen LogP contribution in [0, 0.1) is 11.6 Å². The van der Waals surface area contributed by atoms with Crippen LogP contribution in [-0.4, -0.2) is 9.97 Å². The summed E-state index contributed by atoms with van der Waals surface area (Å²) in [7, 11) is 0. The van der Waals surface area contributed by atoms with Gasteiger partial charge in [0.15, 0.2) is 11.6 Å². The van der Waals surface area contributed by atoms with Crippen molar-refractivity contribution in [1.82, 2.24) is 9.97 Å². The van der Waals surface area contributed by atoms with E-state index >= 15 is 0 Å². The number of halogens is 2. The zero-order valence-corrected chi connectivity index (χ0v) is 9.34. The van der Waals surface area contributed by atoms with Gasteiger partial charge >= 0.3 is 0 Å². The molecule has 0 bridgehead atoms. The molecular formula is C12H6F2N2S. The van der Waals surface area contributed by atoms with Gasteiger partial charge in [0, 0.05) is 5.56 Å². The Kier molecular flexibility index (Phi) is 2.33. The average Bonchev–Trinajstić information content (AvgIpc) is 2.80. The highest BCUT2D eigenvalue weighted by Gasteiger charge is 2.10. The number of benzene rings is 1. The van der Waals surface area contributed by atoms with Crippen LogP contribution < -0.4 is 0 Å². The zero-order valence-electron chi connectivity index (χ0n) is 8.52. The summed E-state index contributed by atoms with van der Waals surface area (Å²) in [6, 6.07) is 5.63. The second-order valence-corrected chi connectivity index (χ2v) is 4.40. The van der Waals surface area contributed by atoms with Gasteiger partial charge in [-0.3, -0.25) is 0 Å². The summed E-state index contributed by atoms with van der Waals surface area (Å²) in [6.07, 6.45) is 1.42. The van der Waals surface area contributed by atoms with Crippen LogP contribution in [0.15, 0.2) is 36.0 Å². The molecule has 0 N–H and O–H groups in total. The maximum absolute atomic E-state index is 13.2. The molecule has 3 rings (SSSR count). The molecule has 0 aliphatic rings. The van der Waals surface area contributed by atoms with Gasteiger partial charge in [0.1, 0.15) is 6.33 Å². The van der Waals surface area contributed by atoms with Crippen LogP contribution in [0.5, 0.6) is 0 Å². The van der Waals surface area contributed by atoms with Gasteiger partial charge < -0.3 is 0 Å². The van der Waals surface area contributed by atoms with Crippen LogP contribution in [0.2, 0.25) is 0 Å². The Labute approximate surface area is 99.6 Å². The fraction of sp³-hybridized carbons (Fsp3) is 0. The van der Waals surface area contributed by atoms with E-state index in [9.17, 15) is 8.78 Å². The van der Waals surface area contributed by atoms with E-state index in [-0.39, 0.29) is 0 Å². The topological polar surface area (TPSA) is 25.8 Å². The summed E-state index contributed by atoms with van der Waals surface area (Å²) in [4.78, 5) is 8.23. The Bertz CT molecular complexity index is 694. The molecule has 17 heavy (non-hydrogen) atoms. The molecule has 0 saturated carbocycles. The normalized spacial score (nSPS) is 10.9. The third-order valence-corrected chi connectivity index (χ3v) is 3.35. The average molecular weight is 248 g/mol. The van der Waals surface area contributed by atoms with Crippen molar-refractivity contribution in [2.24, 2.45) is 0 Å². The molecule has 0 aliphatic carbocycles. The van der Waals surface area contributed by atoms with Crippen molar-refractivity contribution in [1.29, 1.82) is 0 Å². The number of hydrogen-bond donors (Lipinski definition) is 0. The second kappa shape index (κ2) is 3.85. The molecule has 2 nitrogen and oxygen atoms in total. The van der Waals surface area contributed by atoms with Crippen molar-refractivity contribution >= 4 is 21.6 Å². The Morgan fingerprint density at radius 1 is 1.00 bits per heavy atom. The molecule has 1 aromatic carbocycles. The molecule has 3 aromatic rings. The fourth-order valence-corrected chi connectivity index (χ4v) is 2.49. The fourth-order valence-electron chi connectivity index (χ4n) is 1.64. The third-order valence-electron chi connectivity index (χ3n) is 2.44. The molecule has 0 spiro atoms. The molecule has 0 atom stereocenters. The van der Waals surface area contributed by atoms with E-state index < -0.39 is 11.6 Å². The molecule has 5 heteroatoms. The van der Waals surface area contributed by atoms with Gasteiger partial charge in [-0.15, -0.1) is 11.3 Å². The minimum atomic E-state index is -0.870. The quantitative estimate of drug-likeness (QED) is 0.657. The molecule has 2 aromatic heterocycles. The Hall–Kier alpha value is -1.88. The monoisotopic (exact) mass is 248 g/mol. The molecule has 0 amide bonds. The van der Waals surface area contributed by atoms with Gasteiger partial charge in [-0.05, 0) is 29.6 Å². The van der Waals surface area contributed by atoms with Crippen molar-refractivity contribution in [3.63, 3.8) is 0 Å². The highest BCUT2D eigenvalue weighted by atomic mass is 32.1. The van der Waals surface area contributed by atoms with Crippen LogP contribution in [0.3, 0.4) is 0 Å². The van der Waals surface area contributed by atoms with Gasteiger partial charge in [0.25, 0.3) is 0 Å². The Balaban J connectivity index is 2.26. The summed E-state index contributed by atoms with van der Waals surface area (Å²) < 4.78 is 26.9. The van der Waals surface area contributed by atoms with Gasteiger partial charge in [-0.2, -0.15) is 0 Å². The lowest BCUT2D eigenvalue weighted by molar-refractivity contribution is 0.509. The minimum absolute atomic E-state index is 0.554. The predicted molar refractivity (Wildman–Crippen MR) is 62.8 cm³/mol. The van der Waals surface area contributed by atoms with Crippen molar-refractivity contribution in [2.45, 2.75) is 0 Å². The van der Waals surface area contributed by atoms with E-state index in [0.717, 1.165) is 22.3 Å². The van der Waals surface area contributed by atoms with Crippen molar-refractivity contribution in [3.05, 3.63) is 47.6 Å². The number of fused-ring (bicyclic) bond motifs is 1. The van der Waals surface area contributed by atoms with Crippen molar-refractivity contribution in [3.8, 4) is 11.3 Å². The summed E-state index contributed by atoms with van der Waals surface area (Å²) in [5.41, 5.74) is 1.99. The summed E-state index contributed by atoms with van der Waals surface area (Å²) in [5.74, 6) is -1.73. The van der Waals surface area contributed by atoms with Gasteiger partial charge in [-0.25, -0.2) is 18.7 Å². The van der Waals surface area contributed by atoms with E-state index in [2.05, 4.69) is 9.97 Å². The number of aromatic nitrogens is 2. The second-order valence-electron chi connectivity index (χ2n) is 3.49. The van der Waals surface area contributed by atoms with Crippen LogP contribution in [-0.2, 0) is 0 Å². The number of hydrogen-bond acceptors (Lipinski definition) is 3. The number of nitrogens with zero attached hydrogens (tertiary/aromatic N) is 2. The van der Waals surface area contributed by atoms with Gasteiger partial charge in [0.2, 0.25) is 0 Å². The van der Waals surface area contributed by atoms with Gasteiger partial charge in [0.05, 0.1) is 15.9 Å². The van der Waals surface area contributed by atoms with E-state index in [1.54, 1.807) is 0 Å². The number of thiophene rings is 1. The predicted octanol–water partition coefficient (Wildman–Crippen LogP) is 3.64. The van der Waals surface area contributed by atoms with E-state index in [1.165, 1.54) is 23.7 Å². The summed E-state index contributed by atoms with van der Waals surface area (Å²) in [5, 5.41) is 1.89. The maximum atomic E-state index is 13.2. The zero-order chi connectivity index (χ0) is 11.8. The highest BCUT2D eigenvalue weighted by Crippen LogP contribution is 2.29. The highest BCUT2D eigenvalue weighted by molar-refractivity contribution is 7.17. The van der Waals surface area contributed by atoms with E-state index in [1.807, 2.05) is 11.4 Å². The first kappa shape index (κ1) is 10.3. The Morgan fingerprint density at radius 3 is 2.71 bits per heavy atom. The lowest BCUT2D eigenvalue weighted by atomic mass is 10.1. The van der Waals surface area contributed by atoms with E-state index in [4.69, 9.17) is 0 Å². The molecule has 0 radical (unpaired) electrons. The molecule has 2 heterocycles. The maximum Gasteiger partial charge on any atom is 0.159 e. The van der Waals surface area contributed by atoms with E-state index in [0.29, 0.717) is 11.3 Å². The van der Waals surface area contributed by atoms with Crippen LogP contribution >= 0.6 is 11.3 Å². The molecule has 0 fully saturated rings. The van der Waals surface area contributed by atoms with Crippen LogP contribution in [0.4, 0.5) is 8.78 Å². The van der Waals surface area contributed by atoms with Crippen molar-refractivity contribution in [2.75, 3.05) is 0 Å². The molecule has 0 unspecified atom stereocenters. The Morgan fingerprint density at radius 2 is 1.88 bits per heavy atom.